The highest BCUT2D eigenvalue weighted by molar-refractivity contribution is 5.17. The number of nitrogens with zero attached hydrogens (tertiary/aromatic N) is 2. The fraction of sp³-hybridized carbons (Fsp3) is 0.833. The summed E-state index contributed by atoms with van der Waals surface area (Å²) in [5.74, 6) is 0. The number of nitrogens with one attached hydrogen (secondary N) is 1. The Bertz CT molecular complexity index is 391. The SMILES string of the molecule is CCCCCCCCCCn1cncc1C1(C)CCNC1. The van der Waals surface area contributed by atoms with E-state index in [2.05, 4.69) is 34.9 Å². The van der Waals surface area contributed by atoms with Crippen molar-refractivity contribution in [1.82, 2.24) is 14.9 Å². The molecule has 2 heterocycles. The molecule has 0 bridgehead atoms. The fourth-order valence-electron chi connectivity index (χ4n) is 3.45. The number of unbranched alkanes of at least 4 members (excludes halogenated alkanes) is 7. The Hall–Kier alpha value is -0.830. The molecule has 3 heteroatoms. The van der Waals surface area contributed by atoms with Crippen molar-refractivity contribution < 1.29 is 0 Å². The first-order valence-electron chi connectivity index (χ1n) is 8.97. The topological polar surface area (TPSA) is 29.9 Å². The molecule has 0 amide bonds. The summed E-state index contributed by atoms with van der Waals surface area (Å²) in [7, 11) is 0. The van der Waals surface area contributed by atoms with Gasteiger partial charge in [-0.15, -0.1) is 0 Å². The quantitative estimate of drug-likeness (QED) is 0.652. The van der Waals surface area contributed by atoms with E-state index in [1.54, 1.807) is 0 Å². The molecular formula is C18H33N3. The molecule has 1 saturated heterocycles. The number of rotatable bonds is 10. The lowest BCUT2D eigenvalue weighted by molar-refractivity contribution is 0.459. The van der Waals surface area contributed by atoms with Gasteiger partial charge in [0.25, 0.3) is 0 Å². The van der Waals surface area contributed by atoms with Crippen LogP contribution in [-0.2, 0) is 12.0 Å². The molecule has 1 atom stereocenters. The van der Waals surface area contributed by atoms with Gasteiger partial charge in [-0.1, -0.05) is 58.8 Å². The Morgan fingerprint density at radius 2 is 1.86 bits per heavy atom. The summed E-state index contributed by atoms with van der Waals surface area (Å²) in [5, 5.41) is 3.49. The van der Waals surface area contributed by atoms with Gasteiger partial charge in [-0.05, 0) is 19.4 Å². The van der Waals surface area contributed by atoms with Crippen LogP contribution in [0.3, 0.4) is 0 Å². The van der Waals surface area contributed by atoms with Gasteiger partial charge in [-0.3, -0.25) is 0 Å². The first-order chi connectivity index (χ1) is 10.3. The van der Waals surface area contributed by atoms with Gasteiger partial charge in [0.15, 0.2) is 0 Å². The van der Waals surface area contributed by atoms with Crippen LogP contribution in [0.4, 0.5) is 0 Å². The molecule has 2 rings (SSSR count). The highest BCUT2D eigenvalue weighted by Gasteiger charge is 2.33. The van der Waals surface area contributed by atoms with Gasteiger partial charge < -0.3 is 9.88 Å². The van der Waals surface area contributed by atoms with E-state index >= 15 is 0 Å². The van der Waals surface area contributed by atoms with E-state index < -0.39 is 0 Å². The molecule has 0 saturated carbocycles. The molecule has 1 aromatic heterocycles. The number of aryl methyl sites for hydroxylation is 1. The standard InChI is InChI=1S/C18H33N3/c1-3-4-5-6-7-8-9-10-13-21-16-20-14-17(21)18(2)11-12-19-15-18/h14,16,19H,3-13,15H2,1-2H3. The first-order valence-corrected chi connectivity index (χ1v) is 8.97. The summed E-state index contributed by atoms with van der Waals surface area (Å²) >= 11 is 0. The van der Waals surface area contributed by atoms with Crippen molar-refractivity contribution in [3.05, 3.63) is 18.2 Å². The van der Waals surface area contributed by atoms with E-state index in [4.69, 9.17) is 0 Å². The van der Waals surface area contributed by atoms with Crippen LogP contribution in [0.15, 0.2) is 12.5 Å². The molecule has 1 N–H and O–H groups in total. The first kappa shape index (κ1) is 16.5. The average molecular weight is 291 g/mol. The van der Waals surface area contributed by atoms with Crippen molar-refractivity contribution in [1.29, 1.82) is 0 Å². The minimum Gasteiger partial charge on any atom is -0.334 e. The van der Waals surface area contributed by atoms with Crippen LogP contribution in [0.1, 0.15) is 77.3 Å². The van der Waals surface area contributed by atoms with Gasteiger partial charge in [-0.2, -0.15) is 0 Å². The molecule has 0 aromatic carbocycles. The van der Waals surface area contributed by atoms with Crippen molar-refractivity contribution in [2.24, 2.45) is 0 Å². The zero-order valence-electron chi connectivity index (χ0n) is 14.0. The van der Waals surface area contributed by atoms with Crippen LogP contribution in [0, 0.1) is 0 Å². The Balaban J connectivity index is 1.66. The van der Waals surface area contributed by atoms with Crippen LogP contribution in [-0.4, -0.2) is 22.6 Å². The predicted molar refractivity (Wildman–Crippen MR) is 89.7 cm³/mol. The largest absolute Gasteiger partial charge is 0.334 e. The average Bonchev–Trinajstić information content (AvgIpc) is 3.11. The van der Waals surface area contributed by atoms with Crippen molar-refractivity contribution in [3.8, 4) is 0 Å². The number of imidazole rings is 1. The molecule has 0 radical (unpaired) electrons. The third-order valence-electron chi connectivity index (χ3n) is 4.95. The second kappa shape index (κ2) is 8.57. The lowest BCUT2D eigenvalue weighted by atomic mass is 9.86. The third kappa shape index (κ3) is 4.84. The molecule has 0 spiro atoms. The smallest absolute Gasteiger partial charge is 0.0948 e. The Morgan fingerprint density at radius 3 is 2.52 bits per heavy atom. The molecule has 3 nitrogen and oxygen atoms in total. The van der Waals surface area contributed by atoms with Crippen molar-refractivity contribution in [2.75, 3.05) is 13.1 Å². The third-order valence-corrected chi connectivity index (χ3v) is 4.95. The lowest BCUT2D eigenvalue weighted by Gasteiger charge is -2.24. The number of hydrogen-bond acceptors (Lipinski definition) is 2. The maximum atomic E-state index is 4.40. The number of aromatic nitrogens is 2. The minimum atomic E-state index is 0.288. The zero-order chi connectivity index (χ0) is 15.0. The summed E-state index contributed by atoms with van der Waals surface area (Å²) in [6.45, 7) is 8.02. The maximum Gasteiger partial charge on any atom is 0.0948 e. The van der Waals surface area contributed by atoms with E-state index in [9.17, 15) is 0 Å². The normalized spacial score (nSPS) is 22.0. The summed E-state index contributed by atoms with van der Waals surface area (Å²) in [6, 6.07) is 0. The zero-order valence-corrected chi connectivity index (χ0v) is 14.0. The summed E-state index contributed by atoms with van der Waals surface area (Å²) in [6.07, 6.45) is 16.4. The van der Waals surface area contributed by atoms with Crippen molar-refractivity contribution in [3.63, 3.8) is 0 Å². The van der Waals surface area contributed by atoms with Crippen LogP contribution in [0.2, 0.25) is 0 Å². The van der Waals surface area contributed by atoms with Gasteiger partial charge in [0.2, 0.25) is 0 Å². The van der Waals surface area contributed by atoms with E-state index in [1.165, 1.54) is 63.5 Å². The highest BCUT2D eigenvalue weighted by Crippen LogP contribution is 2.30. The number of hydrogen-bond donors (Lipinski definition) is 1. The Morgan fingerprint density at radius 1 is 1.14 bits per heavy atom. The maximum absolute atomic E-state index is 4.40. The fourth-order valence-corrected chi connectivity index (χ4v) is 3.45. The van der Waals surface area contributed by atoms with Crippen LogP contribution >= 0.6 is 0 Å². The molecule has 1 fully saturated rings. The molecule has 120 valence electrons. The Labute approximate surface area is 130 Å². The minimum absolute atomic E-state index is 0.288. The van der Waals surface area contributed by atoms with Crippen molar-refractivity contribution >= 4 is 0 Å². The molecule has 21 heavy (non-hydrogen) atoms. The summed E-state index contributed by atoms with van der Waals surface area (Å²) in [4.78, 5) is 4.40. The van der Waals surface area contributed by atoms with Gasteiger partial charge in [-0.25, -0.2) is 4.98 Å². The van der Waals surface area contributed by atoms with Crippen LogP contribution in [0.25, 0.3) is 0 Å². The Kier molecular flexibility index (Phi) is 6.75. The lowest BCUT2D eigenvalue weighted by Crippen LogP contribution is -2.28. The second-order valence-corrected chi connectivity index (χ2v) is 6.93. The van der Waals surface area contributed by atoms with Crippen LogP contribution < -0.4 is 5.32 Å². The highest BCUT2D eigenvalue weighted by atomic mass is 15.1. The van der Waals surface area contributed by atoms with Crippen LogP contribution in [0.5, 0.6) is 0 Å². The second-order valence-electron chi connectivity index (χ2n) is 6.93. The van der Waals surface area contributed by atoms with E-state index in [0.717, 1.165) is 19.6 Å². The van der Waals surface area contributed by atoms with E-state index in [-0.39, 0.29) is 5.41 Å². The molecule has 0 aliphatic carbocycles. The summed E-state index contributed by atoms with van der Waals surface area (Å²) < 4.78 is 2.39. The molecule has 1 aliphatic rings. The molecule has 1 aromatic rings. The van der Waals surface area contributed by atoms with Crippen molar-refractivity contribution in [2.45, 2.75) is 83.6 Å². The monoisotopic (exact) mass is 291 g/mol. The summed E-state index contributed by atoms with van der Waals surface area (Å²) in [5.41, 5.74) is 1.71. The molecule has 1 aliphatic heterocycles. The molecule has 1 unspecified atom stereocenters. The van der Waals surface area contributed by atoms with Gasteiger partial charge >= 0.3 is 0 Å². The predicted octanol–water partition coefficient (Wildman–Crippen LogP) is 4.27. The van der Waals surface area contributed by atoms with E-state index in [0.29, 0.717) is 0 Å². The van der Waals surface area contributed by atoms with Gasteiger partial charge in [0, 0.05) is 30.4 Å². The van der Waals surface area contributed by atoms with Gasteiger partial charge in [0.1, 0.15) is 0 Å². The van der Waals surface area contributed by atoms with Gasteiger partial charge in [0.05, 0.1) is 6.33 Å². The molecular weight excluding hydrogens is 258 g/mol. The van der Waals surface area contributed by atoms with E-state index in [1.807, 2.05) is 6.33 Å².